The van der Waals surface area contributed by atoms with E-state index in [1.54, 1.807) is 24.3 Å². The number of halogens is 1. The predicted molar refractivity (Wildman–Crippen MR) is 90.9 cm³/mol. The van der Waals surface area contributed by atoms with Crippen LogP contribution in [-0.4, -0.2) is 16.8 Å². The zero-order chi connectivity index (χ0) is 16.9. The lowest BCUT2D eigenvalue weighted by Crippen LogP contribution is -2.14. The second-order valence-electron chi connectivity index (χ2n) is 4.83. The molecule has 0 aliphatic carbocycles. The van der Waals surface area contributed by atoms with Crippen molar-refractivity contribution in [3.8, 4) is 0 Å². The van der Waals surface area contributed by atoms with Crippen molar-refractivity contribution in [2.45, 2.75) is 0 Å². The highest BCUT2D eigenvalue weighted by molar-refractivity contribution is 7.12. The molecular formula is C17H12FN3O2S. The van der Waals surface area contributed by atoms with Gasteiger partial charge < -0.3 is 10.6 Å². The van der Waals surface area contributed by atoms with E-state index in [-0.39, 0.29) is 11.5 Å². The first kappa shape index (κ1) is 15.8. The number of carbonyl (C=O) groups is 2. The summed E-state index contributed by atoms with van der Waals surface area (Å²) in [5, 5.41) is 7.09. The first-order valence-electron chi connectivity index (χ1n) is 6.99. The third-order valence-corrected chi connectivity index (χ3v) is 3.96. The highest BCUT2D eigenvalue weighted by atomic mass is 32.1. The fourth-order valence-electron chi connectivity index (χ4n) is 1.96. The Bertz CT molecular complexity index is 864. The van der Waals surface area contributed by atoms with E-state index in [0.717, 1.165) is 6.07 Å². The lowest BCUT2D eigenvalue weighted by Gasteiger charge is -2.07. The van der Waals surface area contributed by atoms with Gasteiger partial charge in [-0.15, -0.1) is 11.3 Å². The molecule has 0 spiro atoms. The van der Waals surface area contributed by atoms with Crippen LogP contribution in [0.2, 0.25) is 0 Å². The molecule has 3 aromatic rings. The molecule has 2 amide bonds. The van der Waals surface area contributed by atoms with Gasteiger partial charge in [-0.1, -0.05) is 12.1 Å². The summed E-state index contributed by atoms with van der Waals surface area (Å²) in [6.45, 7) is 0. The number of hydrogen-bond acceptors (Lipinski definition) is 4. The number of nitrogens with zero attached hydrogens (tertiary/aromatic N) is 1. The summed E-state index contributed by atoms with van der Waals surface area (Å²) in [6.07, 6.45) is 1.44. The molecule has 3 rings (SSSR count). The third kappa shape index (κ3) is 3.82. The van der Waals surface area contributed by atoms with Gasteiger partial charge >= 0.3 is 0 Å². The SMILES string of the molecule is O=C(Nc1ccc(NC(=O)c2cccs2)cn1)c1cccc(F)c1. The molecule has 0 aliphatic rings. The van der Waals surface area contributed by atoms with Gasteiger partial charge in [-0.2, -0.15) is 0 Å². The fraction of sp³-hybridized carbons (Fsp3) is 0. The molecule has 24 heavy (non-hydrogen) atoms. The van der Waals surface area contributed by atoms with Crippen molar-refractivity contribution in [1.29, 1.82) is 0 Å². The number of nitrogens with one attached hydrogen (secondary N) is 2. The number of thiophene rings is 1. The molecule has 0 saturated heterocycles. The molecule has 0 radical (unpaired) electrons. The van der Waals surface area contributed by atoms with Crippen LogP contribution in [0, 0.1) is 5.82 Å². The maximum atomic E-state index is 13.1. The molecule has 0 aliphatic heterocycles. The largest absolute Gasteiger partial charge is 0.320 e. The van der Waals surface area contributed by atoms with Crippen LogP contribution in [0.4, 0.5) is 15.9 Å². The first-order valence-corrected chi connectivity index (χ1v) is 7.87. The molecule has 1 aromatic carbocycles. The molecule has 0 bridgehead atoms. The van der Waals surface area contributed by atoms with E-state index in [0.29, 0.717) is 16.4 Å². The summed E-state index contributed by atoms with van der Waals surface area (Å²) < 4.78 is 13.1. The minimum Gasteiger partial charge on any atom is -0.320 e. The summed E-state index contributed by atoms with van der Waals surface area (Å²) in [5.74, 6) is -0.860. The van der Waals surface area contributed by atoms with Crippen molar-refractivity contribution in [3.63, 3.8) is 0 Å². The van der Waals surface area contributed by atoms with Crippen LogP contribution < -0.4 is 10.6 Å². The van der Waals surface area contributed by atoms with Gasteiger partial charge in [0.2, 0.25) is 0 Å². The first-order chi connectivity index (χ1) is 11.6. The smallest absolute Gasteiger partial charge is 0.265 e. The standard InChI is InChI=1S/C17H12FN3O2S/c18-12-4-1-3-11(9-12)16(22)21-15-7-6-13(10-19-15)20-17(23)14-5-2-8-24-14/h1-10H,(H,20,23)(H,19,21,22). The highest BCUT2D eigenvalue weighted by Gasteiger charge is 2.09. The Labute approximate surface area is 141 Å². The quantitative estimate of drug-likeness (QED) is 0.758. The van der Waals surface area contributed by atoms with Crippen LogP contribution in [0.3, 0.4) is 0 Å². The molecule has 0 unspecified atom stereocenters. The lowest BCUT2D eigenvalue weighted by molar-refractivity contribution is 0.101. The van der Waals surface area contributed by atoms with Crippen molar-refractivity contribution < 1.29 is 14.0 Å². The van der Waals surface area contributed by atoms with Crippen molar-refractivity contribution in [3.05, 3.63) is 76.4 Å². The summed E-state index contributed by atoms with van der Waals surface area (Å²) in [5.41, 5.74) is 0.712. The van der Waals surface area contributed by atoms with Gasteiger partial charge in [0.05, 0.1) is 16.8 Å². The summed E-state index contributed by atoms with van der Waals surface area (Å²) in [4.78, 5) is 28.6. The monoisotopic (exact) mass is 341 g/mol. The van der Waals surface area contributed by atoms with Gasteiger partial charge in [-0.25, -0.2) is 9.37 Å². The number of hydrogen-bond donors (Lipinski definition) is 2. The van der Waals surface area contributed by atoms with Crippen molar-refractivity contribution in [2.75, 3.05) is 10.6 Å². The van der Waals surface area contributed by atoms with E-state index in [1.165, 1.54) is 35.7 Å². The van der Waals surface area contributed by atoms with E-state index >= 15 is 0 Å². The second-order valence-corrected chi connectivity index (χ2v) is 5.78. The summed E-state index contributed by atoms with van der Waals surface area (Å²) >= 11 is 1.34. The number of benzene rings is 1. The van der Waals surface area contributed by atoms with Crippen LogP contribution in [0.1, 0.15) is 20.0 Å². The Hall–Kier alpha value is -3.06. The van der Waals surface area contributed by atoms with Crippen LogP contribution in [0.5, 0.6) is 0 Å². The average Bonchev–Trinajstić information content (AvgIpc) is 3.11. The lowest BCUT2D eigenvalue weighted by atomic mass is 10.2. The Kier molecular flexibility index (Phi) is 4.62. The van der Waals surface area contributed by atoms with Gasteiger partial charge in [-0.3, -0.25) is 9.59 Å². The fourth-order valence-corrected chi connectivity index (χ4v) is 2.58. The Balaban J connectivity index is 1.64. The summed E-state index contributed by atoms with van der Waals surface area (Å²) in [7, 11) is 0. The number of amides is 2. The molecule has 7 heteroatoms. The van der Waals surface area contributed by atoms with Gasteiger partial charge in [0, 0.05) is 5.56 Å². The molecule has 2 heterocycles. The van der Waals surface area contributed by atoms with Crippen LogP contribution >= 0.6 is 11.3 Å². The van der Waals surface area contributed by atoms with E-state index in [9.17, 15) is 14.0 Å². The topological polar surface area (TPSA) is 71.1 Å². The van der Waals surface area contributed by atoms with Gasteiger partial charge in [-0.05, 0) is 41.8 Å². The summed E-state index contributed by atoms with van der Waals surface area (Å²) in [6, 6.07) is 12.1. The molecular weight excluding hydrogens is 329 g/mol. The molecule has 0 fully saturated rings. The number of anilines is 2. The predicted octanol–water partition coefficient (Wildman–Crippen LogP) is 3.79. The average molecular weight is 341 g/mol. The van der Waals surface area contributed by atoms with Gasteiger partial charge in [0.1, 0.15) is 11.6 Å². The van der Waals surface area contributed by atoms with Crippen molar-refractivity contribution >= 4 is 34.7 Å². The maximum absolute atomic E-state index is 13.1. The van der Waals surface area contributed by atoms with E-state index < -0.39 is 11.7 Å². The Morgan fingerprint density at radius 1 is 1.00 bits per heavy atom. The number of carbonyl (C=O) groups excluding carboxylic acids is 2. The maximum Gasteiger partial charge on any atom is 0.265 e. The van der Waals surface area contributed by atoms with Crippen molar-refractivity contribution in [1.82, 2.24) is 4.98 Å². The van der Waals surface area contributed by atoms with Crippen molar-refractivity contribution in [2.24, 2.45) is 0 Å². The van der Waals surface area contributed by atoms with E-state index in [4.69, 9.17) is 0 Å². The molecule has 0 atom stereocenters. The molecule has 120 valence electrons. The van der Waals surface area contributed by atoms with Gasteiger partial charge in [0.25, 0.3) is 11.8 Å². The third-order valence-electron chi connectivity index (χ3n) is 3.09. The molecule has 2 N–H and O–H groups in total. The molecule has 0 saturated carbocycles. The number of pyridine rings is 1. The number of aromatic nitrogens is 1. The van der Waals surface area contributed by atoms with E-state index in [1.807, 2.05) is 5.38 Å². The Morgan fingerprint density at radius 2 is 1.88 bits per heavy atom. The molecule has 2 aromatic heterocycles. The molecule has 5 nitrogen and oxygen atoms in total. The normalized spacial score (nSPS) is 10.2. The van der Waals surface area contributed by atoms with E-state index in [2.05, 4.69) is 15.6 Å². The highest BCUT2D eigenvalue weighted by Crippen LogP contribution is 2.15. The van der Waals surface area contributed by atoms with Gasteiger partial charge in [0.15, 0.2) is 0 Å². The zero-order valence-corrected chi connectivity index (χ0v) is 13.1. The Morgan fingerprint density at radius 3 is 2.54 bits per heavy atom. The van der Waals surface area contributed by atoms with Crippen LogP contribution in [-0.2, 0) is 0 Å². The minimum atomic E-state index is -0.484. The second kappa shape index (κ2) is 7.01. The number of rotatable bonds is 4. The van der Waals surface area contributed by atoms with Crippen LogP contribution in [0.25, 0.3) is 0 Å². The minimum absolute atomic E-state index is 0.201. The zero-order valence-electron chi connectivity index (χ0n) is 12.3. The van der Waals surface area contributed by atoms with Crippen LogP contribution in [0.15, 0.2) is 60.1 Å².